The Morgan fingerprint density at radius 2 is 1.94 bits per heavy atom. The minimum absolute atomic E-state index is 0.103. The third kappa shape index (κ3) is 4.99. The van der Waals surface area contributed by atoms with Gasteiger partial charge < -0.3 is 4.74 Å². The topological polar surface area (TPSA) is 56.1 Å². The van der Waals surface area contributed by atoms with Gasteiger partial charge in [-0.1, -0.05) is 35.5 Å². The van der Waals surface area contributed by atoms with Gasteiger partial charge in [-0.25, -0.2) is 4.98 Å². The number of hydrogen-bond acceptors (Lipinski definition) is 7. The van der Waals surface area contributed by atoms with E-state index in [0.717, 1.165) is 38.7 Å². The lowest BCUT2D eigenvalue weighted by Crippen LogP contribution is -2.20. The molecule has 0 amide bonds. The highest BCUT2D eigenvalue weighted by Gasteiger charge is 2.21. The molecule has 0 saturated carbocycles. The number of benzene rings is 2. The highest BCUT2D eigenvalue weighted by molar-refractivity contribution is 7.98. The van der Waals surface area contributed by atoms with Crippen LogP contribution < -0.4 is 4.74 Å². The van der Waals surface area contributed by atoms with Crippen LogP contribution >= 0.6 is 34.7 Å². The Bertz CT molecular complexity index is 1190. The lowest BCUT2D eigenvalue weighted by Gasteiger charge is -2.20. The fraction of sp³-hybridized carbons (Fsp3) is 0.261. The van der Waals surface area contributed by atoms with Crippen LogP contribution in [0.1, 0.15) is 24.5 Å². The fourth-order valence-corrected chi connectivity index (χ4v) is 5.01. The van der Waals surface area contributed by atoms with E-state index in [1.165, 1.54) is 0 Å². The van der Waals surface area contributed by atoms with E-state index in [4.69, 9.17) is 21.3 Å². The molecule has 1 atom stereocenters. The third-order valence-corrected chi connectivity index (χ3v) is 7.26. The third-order valence-electron chi connectivity index (χ3n) is 5.11. The molecular formula is C23H24ClN5OS2. The van der Waals surface area contributed by atoms with Gasteiger partial charge in [0.25, 0.3) is 0 Å². The van der Waals surface area contributed by atoms with Crippen molar-refractivity contribution in [2.75, 3.05) is 21.2 Å². The average Bonchev–Trinajstić information content (AvgIpc) is 3.45. The molecule has 0 spiro atoms. The van der Waals surface area contributed by atoms with Crippen molar-refractivity contribution in [3.05, 3.63) is 70.5 Å². The van der Waals surface area contributed by atoms with Crippen molar-refractivity contribution in [3.63, 3.8) is 0 Å². The van der Waals surface area contributed by atoms with E-state index in [1.54, 1.807) is 30.2 Å². The van der Waals surface area contributed by atoms with Crippen LogP contribution in [0.15, 0.2) is 59.1 Å². The minimum Gasteiger partial charge on any atom is -0.497 e. The van der Waals surface area contributed by atoms with E-state index in [-0.39, 0.29) is 6.04 Å². The van der Waals surface area contributed by atoms with Crippen LogP contribution in [0.3, 0.4) is 0 Å². The number of methoxy groups -OCH3 is 1. The molecule has 0 bridgehead atoms. The van der Waals surface area contributed by atoms with Gasteiger partial charge in [0.05, 0.1) is 18.8 Å². The number of thioether (sulfide) groups is 1. The van der Waals surface area contributed by atoms with Crippen LogP contribution in [0.2, 0.25) is 5.02 Å². The fourth-order valence-electron chi connectivity index (χ4n) is 3.11. The van der Waals surface area contributed by atoms with E-state index in [2.05, 4.69) is 32.0 Å². The number of aromatic nitrogens is 4. The van der Waals surface area contributed by atoms with Crippen molar-refractivity contribution in [1.82, 2.24) is 24.6 Å². The SMILES string of the molecule is COc1cccc(-c2nc(CSc3nnc(C(C)N(C)C)n3-c3ccc(Cl)cc3)cs2)c1. The molecule has 0 aliphatic rings. The second-order valence-electron chi connectivity index (χ2n) is 7.46. The normalized spacial score (nSPS) is 12.3. The Labute approximate surface area is 201 Å². The van der Waals surface area contributed by atoms with E-state index >= 15 is 0 Å². The highest BCUT2D eigenvalue weighted by Crippen LogP contribution is 2.32. The van der Waals surface area contributed by atoms with E-state index in [9.17, 15) is 0 Å². The molecule has 4 rings (SSSR count). The maximum absolute atomic E-state index is 6.11. The molecule has 0 N–H and O–H groups in total. The summed E-state index contributed by atoms with van der Waals surface area (Å²) < 4.78 is 7.43. The largest absolute Gasteiger partial charge is 0.497 e. The van der Waals surface area contributed by atoms with Gasteiger partial charge in [0.2, 0.25) is 0 Å². The van der Waals surface area contributed by atoms with Crippen LogP contribution in [0.4, 0.5) is 0 Å². The lowest BCUT2D eigenvalue weighted by atomic mass is 10.2. The first-order valence-corrected chi connectivity index (χ1v) is 12.3. The summed E-state index contributed by atoms with van der Waals surface area (Å²) in [6.45, 7) is 2.12. The molecule has 2 heterocycles. The van der Waals surface area contributed by atoms with Crippen molar-refractivity contribution in [3.8, 4) is 22.0 Å². The van der Waals surface area contributed by atoms with Crippen LogP contribution in [-0.2, 0) is 5.75 Å². The summed E-state index contributed by atoms with van der Waals surface area (Å²) in [4.78, 5) is 6.93. The zero-order valence-electron chi connectivity index (χ0n) is 18.3. The molecule has 0 fully saturated rings. The first-order chi connectivity index (χ1) is 15.5. The van der Waals surface area contributed by atoms with Gasteiger partial charge >= 0.3 is 0 Å². The Hall–Kier alpha value is -2.39. The molecule has 0 aliphatic carbocycles. The maximum Gasteiger partial charge on any atom is 0.196 e. The molecule has 0 saturated heterocycles. The lowest BCUT2D eigenvalue weighted by molar-refractivity contribution is 0.305. The number of hydrogen-bond donors (Lipinski definition) is 0. The maximum atomic E-state index is 6.11. The molecule has 2 aromatic carbocycles. The Morgan fingerprint density at radius 1 is 1.16 bits per heavy atom. The molecule has 4 aromatic rings. The van der Waals surface area contributed by atoms with Gasteiger partial charge in [0, 0.05) is 27.4 Å². The van der Waals surface area contributed by atoms with Gasteiger partial charge in [-0.2, -0.15) is 0 Å². The number of halogens is 1. The van der Waals surface area contributed by atoms with E-state index < -0.39 is 0 Å². The zero-order valence-corrected chi connectivity index (χ0v) is 20.7. The summed E-state index contributed by atoms with van der Waals surface area (Å²) in [5, 5.41) is 13.6. The highest BCUT2D eigenvalue weighted by atomic mass is 35.5. The first-order valence-electron chi connectivity index (χ1n) is 10.1. The standard InChI is InChI=1S/C23H24ClN5OS2/c1-15(28(2)3)21-26-27-23(29(21)19-10-8-17(24)9-11-19)32-14-18-13-31-22(25-18)16-6-5-7-20(12-16)30-4/h5-13,15H,14H2,1-4H3. The summed E-state index contributed by atoms with van der Waals surface area (Å²) in [5.74, 6) is 2.41. The molecule has 32 heavy (non-hydrogen) atoms. The second kappa shape index (κ2) is 10.0. The van der Waals surface area contributed by atoms with Crippen LogP contribution in [0.25, 0.3) is 16.3 Å². The van der Waals surface area contributed by atoms with Crippen molar-refractivity contribution < 1.29 is 4.74 Å². The Kier molecular flexibility index (Phi) is 7.15. The number of thiazole rings is 1. The summed E-state index contributed by atoms with van der Waals surface area (Å²) in [6, 6.07) is 15.8. The summed E-state index contributed by atoms with van der Waals surface area (Å²) in [7, 11) is 5.74. The van der Waals surface area contributed by atoms with Crippen LogP contribution in [0.5, 0.6) is 5.75 Å². The molecule has 0 aliphatic heterocycles. The van der Waals surface area contributed by atoms with Gasteiger partial charge in [0.15, 0.2) is 11.0 Å². The molecule has 166 valence electrons. The predicted octanol–water partition coefficient (Wildman–Crippen LogP) is 5.97. The molecule has 9 heteroatoms. The second-order valence-corrected chi connectivity index (χ2v) is 9.69. The predicted molar refractivity (Wildman–Crippen MR) is 132 cm³/mol. The molecule has 1 unspecified atom stereocenters. The smallest absolute Gasteiger partial charge is 0.196 e. The molecule has 6 nitrogen and oxygen atoms in total. The van der Waals surface area contributed by atoms with Crippen molar-refractivity contribution in [2.24, 2.45) is 0 Å². The van der Waals surface area contributed by atoms with Crippen molar-refractivity contribution in [1.29, 1.82) is 0 Å². The monoisotopic (exact) mass is 485 g/mol. The van der Waals surface area contributed by atoms with Gasteiger partial charge in [-0.05, 0) is 57.4 Å². The van der Waals surface area contributed by atoms with Gasteiger partial charge in [0.1, 0.15) is 10.8 Å². The number of nitrogens with zero attached hydrogens (tertiary/aromatic N) is 5. The Balaban J connectivity index is 1.58. The minimum atomic E-state index is 0.103. The van der Waals surface area contributed by atoms with Crippen molar-refractivity contribution >= 4 is 34.7 Å². The summed E-state index contributed by atoms with van der Waals surface area (Å²) in [5.41, 5.74) is 3.05. The number of ether oxygens (including phenoxy) is 1. The molecule has 2 aromatic heterocycles. The Morgan fingerprint density at radius 3 is 2.66 bits per heavy atom. The molecule has 0 radical (unpaired) electrons. The van der Waals surface area contributed by atoms with Crippen LogP contribution in [-0.4, -0.2) is 45.9 Å². The van der Waals surface area contributed by atoms with Gasteiger partial charge in [-0.3, -0.25) is 9.47 Å². The first kappa shape index (κ1) is 22.8. The molecular weight excluding hydrogens is 462 g/mol. The van der Waals surface area contributed by atoms with Crippen molar-refractivity contribution in [2.45, 2.75) is 23.9 Å². The van der Waals surface area contributed by atoms with E-state index in [1.807, 2.05) is 62.6 Å². The average molecular weight is 486 g/mol. The van der Waals surface area contributed by atoms with E-state index in [0.29, 0.717) is 10.8 Å². The number of rotatable bonds is 8. The summed E-state index contributed by atoms with van der Waals surface area (Å²) in [6.07, 6.45) is 0. The quantitative estimate of drug-likeness (QED) is 0.287. The van der Waals surface area contributed by atoms with Crippen LogP contribution in [0, 0.1) is 0 Å². The zero-order chi connectivity index (χ0) is 22.7. The van der Waals surface area contributed by atoms with Gasteiger partial charge in [-0.15, -0.1) is 21.5 Å². The summed E-state index contributed by atoms with van der Waals surface area (Å²) >= 11 is 9.36.